The summed E-state index contributed by atoms with van der Waals surface area (Å²) in [6.07, 6.45) is 5.05. The molecule has 3 nitrogen and oxygen atoms in total. The Bertz CT molecular complexity index is 224. The van der Waals surface area contributed by atoms with E-state index in [1.54, 1.807) is 6.08 Å². The van der Waals surface area contributed by atoms with Crippen LogP contribution in [0, 0.1) is 0 Å². The summed E-state index contributed by atoms with van der Waals surface area (Å²) >= 11 is 0. The number of ether oxygens (including phenoxy) is 1. The minimum absolute atomic E-state index is 0.191. The molecule has 0 aliphatic rings. The Morgan fingerprint density at radius 2 is 2.29 bits per heavy atom. The van der Waals surface area contributed by atoms with Gasteiger partial charge in [-0.25, -0.2) is 9.18 Å². The molecule has 0 unspecified atom stereocenters. The first-order chi connectivity index (χ1) is 6.70. The van der Waals surface area contributed by atoms with E-state index in [1.807, 2.05) is 26.0 Å². The molecule has 0 aliphatic heterocycles. The number of alkyl carbamates (subject to hydrolysis) is 1. The number of carbonyl (C=O) groups is 1. The highest BCUT2D eigenvalue weighted by Crippen LogP contribution is 1.92. The Hall–Kier alpha value is -1.32. The summed E-state index contributed by atoms with van der Waals surface area (Å²) < 4.78 is 16.0. The highest BCUT2D eigenvalue weighted by Gasteiger charge is 1.97. The van der Waals surface area contributed by atoms with Crippen LogP contribution in [0.1, 0.15) is 13.8 Å². The lowest BCUT2D eigenvalue weighted by Crippen LogP contribution is -2.24. The van der Waals surface area contributed by atoms with E-state index in [0.717, 1.165) is 5.57 Å². The zero-order valence-electron chi connectivity index (χ0n) is 8.55. The van der Waals surface area contributed by atoms with Crippen LogP contribution in [-0.2, 0) is 4.74 Å². The quantitative estimate of drug-likeness (QED) is 0.692. The van der Waals surface area contributed by atoms with Crippen LogP contribution in [0.3, 0.4) is 0 Å². The van der Waals surface area contributed by atoms with Gasteiger partial charge in [0, 0.05) is 6.54 Å². The SMILES string of the molecule is C/C=C(C)\C=C/CNC(=O)OCCF. The maximum Gasteiger partial charge on any atom is 0.407 e. The van der Waals surface area contributed by atoms with Gasteiger partial charge in [0.05, 0.1) is 0 Å². The van der Waals surface area contributed by atoms with Crippen molar-refractivity contribution in [3.8, 4) is 0 Å². The molecule has 0 saturated heterocycles. The van der Waals surface area contributed by atoms with Crippen LogP contribution in [0.5, 0.6) is 0 Å². The maximum absolute atomic E-state index is 11.6. The number of alkyl halides is 1. The van der Waals surface area contributed by atoms with Crippen LogP contribution in [0.4, 0.5) is 9.18 Å². The number of amides is 1. The number of halogens is 1. The minimum Gasteiger partial charge on any atom is -0.447 e. The van der Waals surface area contributed by atoms with Gasteiger partial charge < -0.3 is 10.1 Å². The predicted molar refractivity (Wildman–Crippen MR) is 53.9 cm³/mol. The van der Waals surface area contributed by atoms with Gasteiger partial charge in [0.25, 0.3) is 0 Å². The standard InChI is InChI=1S/C10H16FNO2/c1-3-9(2)5-4-7-12-10(13)14-8-6-11/h3-5H,6-8H2,1-2H3,(H,12,13)/b5-4-,9-3-. The molecule has 0 fully saturated rings. The summed E-state index contributed by atoms with van der Waals surface area (Å²) in [6.45, 7) is 3.43. The van der Waals surface area contributed by atoms with Gasteiger partial charge in [-0.1, -0.05) is 23.8 Å². The first-order valence-electron chi connectivity index (χ1n) is 4.46. The zero-order chi connectivity index (χ0) is 10.8. The molecule has 0 saturated carbocycles. The lowest BCUT2D eigenvalue weighted by molar-refractivity contribution is 0.138. The Morgan fingerprint density at radius 3 is 2.86 bits per heavy atom. The van der Waals surface area contributed by atoms with Crippen LogP contribution in [0.25, 0.3) is 0 Å². The number of carbonyl (C=O) groups excluding carboxylic acids is 1. The number of hydrogen-bond donors (Lipinski definition) is 1. The Balaban J connectivity index is 3.53. The molecule has 0 aromatic rings. The fourth-order valence-corrected chi connectivity index (χ4v) is 0.666. The van der Waals surface area contributed by atoms with Gasteiger partial charge in [0.1, 0.15) is 13.3 Å². The summed E-state index contributed by atoms with van der Waals surface area (Å²) in [5.74, 6) is 0. The number of allylic oxidation sites excluding steroid dienone is 3. The molecule has 1 amide bonds. The van der Waals surface area contributed by atoms with E-state index in [4.69, 9.17) is 0 Å². The molecule has 0 radical (unpaired) electrons. The van der Waals surface area contributed by atoms with E-state index in [2.05, 4.69) is 10.1 Å². The summed E-state index contributed by atoms with van der Waals surface area (Å²) in [5.41, 5.74) is 1.11. The van der Waals surface area contributed by atoms with Gasteiger partial charge in [-0.15, -0.1) is 0 Å². The van der Waals surface area contributed by atoms with Crippen LogP contribution in [-0.4, -0.2) is 25.9 Å². The van der Waals surface area contributed by atoms with E-state index < -0.39 is 12.8 Å². The highest BCUT2D eigenvalue weighted by atomic mass is 19.1. The predicted octanol–water partition coefficient (Wildman–Crippen LogP) is 2.20. The number of nitrogens with one attached hydrogen (secondary N) is 1. The van der Waals surface area contributed by atoms with Crippen molar-refractivity contribution < 1.29 is 13.9 Å². The lowest BCUT2D eigenvalue weighted by atomic mass is 10.3. The lowest BCUT2D eigenvalue weighted by Gasteiger charge is -2.01. The van der Waals surface area contributed by atoms with Crippen molar-refractivity contribution >= 4 is 6.09 Å². The second kappa shape index (κ2) is 8.29. The topological polar surface area (TPSA) is 38.3 Å². The number of hydrogen-bond acceptors (Lipinski definition) is 2. The van der Waals surface area contributed by atoms with Gasteiger partial charge in [-0.05, 0) is 13.8 Å². The summed E-state index contributed by atoms with van der Waals surface area (Å²) in [7, 11) is 0. The van der Waals surface area contributed by atoms with Crippen LogP contribution in [0.15, 0.2) is 23.8 Å². The number of rotatable bonds is 5. The Morgan fingerprint density at radius 1 is 1.57 bits per heavy atom. The first kappa shape index (κ1) is 12.7. The first-order valence-corrected chi connectivity index (χ1v) is 4.46. The van der Waals surface area contributed by atoms with E-state index in [1.165, 1.54) is 0 Å². The fourth-order valence-electron chi connectivity index (χ4n) is 0.666. The van der Waals surface area contributed by atoms with Crippen molar-refractivity contribution in [2.24, 2.45) is 0 Å². The molecule has 14 heavy (non-hydrogen) atoms. The molecule has 0 spiro atoms. The Labute approximate surface area is 83.6 Å². The molecule has 1 N–H and O–H groups in total. The molecular formula is C10H16FNO2. The van der Waals surface area contributed by atoms with Crippen LogP contribution >= 0.6 is 0 Å². The third-order valence-electron chi connectivity index (χ3n) is 1.51. The largest absolute Gasteiger partial charge is 0.447 e. The smallest absolute Gasteiger partial charge is 0.407 e. The molecule has 0 rings (SSSR count). The van der Waals surface area contributed by atoms with Crippen molar-refractivity contribution in [2.75, 3.05) is 19.8 Å². The van der Waals surface area contributed by atoms with E-state index in [-0.39, 0.29) is 6.61 Å². The molecular weight excluding hydrogens is 185 g/mol. The minimum atomic E-state index is -0.652. The Kier molecular flexibility index (Phi) is 7.50. The van der Waals surface area contributed by atoms with Gasteiger partial charge in [-0.3, -0.25) is 0 Å². The van der Waals surface area contributed by atoms with Crippen molar-refractivity contribution in [1.29, 1.82) is 0 Å². The van der Waals surface area contributed by atoms with Gasteiger partial charge in [0.2, 0.25) is 0 Å². The molecule has 0 atom stereocenters. The second-order valence-electron chi connectivity index (χ2n) is 2.64. The van der Waals surface area contributed by atoms with E-state index in [0.29, 0.717) is 6.54 Å². The molecule has 4 heteroatoms. The van der Waals surface area contributed by atoms with Gasteiger partial charge >= 0.3 is 6.09 Å². The molecule has 0 aliphatic carbocycles. The monoisotopic (exact) mass is 201 g/mol. The van der Waals surface area contributed by atoms with Crippen LogP contribution < -0.4 is 5.32 Å². The van der Waals surface area contributed by atoms with E-state index in [9.17, 15) is 9.18 Å². The van der Waals surface area contributed by atoms with Crippen molar-refractivity contribution in [3.05, 3.63) is 23.8 Å². The maximum atomic E-state index is 11.6. The van der Waals surface area contributed by atoms with Crippen molar-refractivity contribution in [1.82, 2.24) is 5.32 Å². The molecule has 0 heterocycles. The zero-order valence-corrected chi connectivity index (χ0v) is 8.55. The van der Waals surface area contributed by atoms with E-state index >= 15 is 0 Å². The van der Waals surface area contributed by atoms with Crippen molar-refractivity contribution in [2.45, 2.75) is 13.8 Å². The highest BCUT2D eigenvalue weighted by molar-refractivity contribution is 5.67. The molecule has 80 valence electrons. The normalized spacial score (nSPS) is 11.8. The summed E-state index contributed by atoms with van der Waals surface area (Å²) in [6, 6.07) is 0. The van der Waals surface area contributed by atoms with Crippen LogP contribution in [0.2, 0.25) is 0 Å². The third-order valence-corrected chi connectivity index (χ3v) is 1.51. The fraction of sp³-hybridized carbons (Fsp3) is 0.500. The molecule has 0 aromatic carbocycles. The second-order valence-corrected chi connectivity index (χ2v) is 2.64. The summed E-state index contributed by atoms with van der Waals surface area (Å²) in [4.78, 5) is 10.8. The average Bonchev–Trinajstić information content (AvgIpc) is 2.21. The van der Waals surface area contributed by atoms with Crippen molar-refractivity contribution in [3.63, 3.8) is 0 Å². The molecule has 0 aromatic heterocycles. The van der Waals surface area contributed by atoms with Gasteiger partial charge in [0.15, 0.2) is 0 Å². The summed E-state index contributed by atoms with van der Waals surface area (Å²) in [5, 5.41) is 2.46. The average molecular weight is 201 g/mol. The third kappa shape index (κ3) is 7.34. The molecule has 0 bridgehead atoms. The van der Waals surface area contributed by atoms with Gasteiger partial charge in [-0.2, -0.15) is 0 Å².